The summed E-state index contributed by atoms with van der Waals surface area (Å²) in [6.07, 6.45) is 0. The van der Waals surface area contributed by atoms with E-state index in [-0.39, 0.29) is 17.2 Å². The molecule has 0 fully saturated rings. The first-order valence-corrected chi connectivity index (χ1v) is 10.7. The van der Waals surface area contributed by atoms with Crippen LogP contribution in [0.15, 0.2) is 58.5 Å². The van der Waals surface area contributed by atoms with Crippen LogP contribution in [0.2, 0.25) is 0 Å². The van der Waals surface area contributed by atoms with Crippen LogP contribution >= 0.6 is 11.8 Å². The highest BCUT2D eigenvalue weighted by atomic mass is 32.2. The van der Waals surface area contributed by atoms with Crippen molar-refractivity contribution in [3.05, 3.63) is 64.4 Å². The molecule has 0 atom stereocenters. The molecule has 1 amide bonds. The molecule has 9 nitrogen and oxygen atoms in total. The Morgan fingerprint density at radius 3 is 2.69 bits per heavy atom. The number of aromatic amines is 1. The lowest BCUT2D eigenvalue weighted by Gasteiger charge is -2.08. The number of aryl methyl sites for hydroxylation is 1. The van der Waals surface area contributed by atoms with E-state index in [2.05, 4.69) is 20.6 Å². The van der Waals surface area contributed by atoms with E-state index in [0.29, 0.717) is 27.9 Å². The third kappa shape index (κ3) is 4.45. The van der Waals surface area contributed by atoms with Crippen molar-refractivity contribution in [3.63, 3.8) is 0 Å². The summed E-state index contributed by atoms with van der Waals surface area (Å²) in [6, 6.07) is 14.6. The Balaban J connectivity index is 1.58. The minimum atomic E-state index is -0.377. The number of nitrogens with zero attached hydrogens (tertiary/aromatic N) is 3. The number of hydrogen-bond donors (Lipinski definition) is 2. The van der Waals surface area contributed by atoms with Gasteiger partial charge in [-0.25, -0.2) is 9.61 Å². The number of methoxy groups -OCH3 is 2. The van der Waals surface area contributed by atoms with Crippen molar-refractivity contribution in [2.75, 3.05) is 25.3 Å². The van der Waals surface area contributed by atoms with E-state index in [1.807, 2.05) is 37.3 Å². The Labute approximate surface area is 187 Å². The van der Waals surface area contributed by atoms with Gasteiger partial charge in [0.1, 0.15) is 5.52 Å². The van der Waals surface area contributed by atoms with Gasteiger partial charge in [0.25, 0.3) is 5.56 Å². The van der Waals surface area contributed by atoms with E-state index in [0.717, 1.165) is 16.8 Å². The van der Waals surface area contributed by atoms with Crippen molar-refractivity contribution in [1.29, 1.82) is 0 Å². The molecule has 0 bridgehead atoms. The van der Waals surface area contributed by atoms with E-state index in [4.69, 9.17) is 9.47 Å². The number of carbonyl (C=O) groups is 1. The van der Waals surface area contributed by atoms with Crippen LogP contribution in [0, 0.1) is 6.92 Å². The zero-order chi connectivity index (χ0) is 22.7. The Bertz CT molecular complexity index is 1350. The number of hydrogen-bond acceptors (Lipinski definition) is 7. The SMILES string of the molecule is COc1ccc(-c2cc3c(=O)[nH]nc(SCC(=O)Nc4cccc(C)c4)n3n2)cc1OC. The summed E-state index contributed by atoms with van der Waals surface area (Å²) in [7, 11) is 3.11. The van der Waals surface area contributed by atoms with Gasteiger partial charge in [0.05, 0.1) is 25.7 Å². The van der Waals surface area contributed by atoms with Gasteiger partial charge in [-0.3, -0.25) is 9.59 Å². The van der Waals surface area contributed by atoms with Crippen molar-refractivity contribution < 1.29 is 14.3 Å². The highest BCUT2D eigenvalue weighted by Crippen LogP contribution is 2.32. The van der Waals surface area contributed by atoms with Gasteiger partial charge in [-0.15, -0.1) is 5.10 Å². The fraction of sp³-hybridized carbons (Fsp3) is 0.182. The molecule has 0 radical (unpaired) electrons. The number of carbonyl (C=O) groups excluding carboxylic acids is 1. The smallest absolute Gasteiger partial charge is 0.290 e. The monoisotopic (exact) mass is 451 g/mol. The molecule has 2 heterocycles. The highest BCUT2D eigenvalue weighted by Gasteiger charge is 2.15. The molecule has 32 heavy (non-hydrogen) atoms. The summed E-state index contributed by atoms with van der Waals surface area (Å²) in [6.45, 7) is 1.96. The predicted molar refractivity (Wildman–Crippen MR) is 123 cm³/mol. The van der Waals surface area contributed by atoms with Crippen LogP contribution in [-0.4, -0.2) is 45.7 Å². The molecule has 0 saturated carbocycles. The van der Waals surface area contributed by atoms with Crippen LogP contribution in [0.3, 0.4) is 0 Å². The van der Waals surface area contributed by atoms with Crippen LogP contribution in [0.5, 0.6) is 11.5 Å². The molecule has 2 aromatic heterocycles. The molecule has 0 aliphatic rings. The molecule has 2 N–H and O–H groups in total. The Morgan fingerprint density at radius 2 is 1.94 bits per heavy atom. The number of fused-ring (bicyclic) bond motifs is 1. The quantitative estimate of drug-likeness (QED) is 0.415. The number of rotatable bonds is 7. The van der Waals surface area contributed by atoms with Gasteiger partial charge in [-0.05, 0) is 48.9 Å². The zero-order valence-corrected chi connectivity index (χ0v) is 18.5. The Morgan fingerprint density at radius 1 is 1.12 bits per heavy atom. The van der Waals surface area contributed by atoms with Crippen LogP contribution in [0.25, 0.3) is 16.8 Å². The number of H-pyrrole nitrogens is 1. The fourth-order valence-corrected chi connectivity index (χ4v) is 3.88. The second kappa shape index (κ2) is 9.15. The number of aromatic nitrogens is 4. The predicted octanol–water partition coefficient (Wildman–Crippen LogP) is 3.14. The minimum absolute atomic E-state index is 0.105. The molecule has 0 spiro atoms. The number of ether oxygens (including phenoxy) is 2. The molecule has 4 rings (SSSR count). The summed E-state index contributed by atoms with van der Waals surface area (Å²) >= 11 is 1.17. The van der Waals surface area contributed by atoms with Gasteiger partial charge in [0.2, 0.25) is 11.1 Å². The van der Waals surface area contributed by atoms with Crippen molar-refractivity contribution in [2.24, 2.45) is 0 Å². The van der Waals surface area contributed by atoms with Crippen LogP contribution in [0.4, 0.5) is 5.69 Å². The van der Waals surface area contributed by atoms with Gasteiger partial charge in [-0.2, -0.15) is 5.10 Å². The molecule has 0 unspecified atom stereocenters. The summed E-state index contributed by atoms with van der Waals surface area (Å²) < 4.78 is 12.1. The van der Waals surface area contributed by atoms with Gasteiger partial charge < -0.3 is 14.8 Å². The van der Waals surface area contributed by atoms with E-state index < -0.39 is 0 Å². The molecule has 4 aromatic rings. The minimum Gasteiger partial charge on any atom is -0.493 e. The van der Waals surface area contributed by atoms with Crippen molar-refractivity contribution in [1.82, 2.24) is 19.8 Å². The molecule has 0 saturated heterocycles. The molecule has 164 valence electrons. The van der Waals surface area contributed by atoms with Crippen molar-refractivity contribution >= 4 is 28.9 Å². The third-order valence-corrected chi connectivity index (χ3v) is 5.62. The van der Waals surface area contributed by atoms with E-state index in [9.17, 15) is 9.59 Å². The molecular formula is C22H21N5O4S. The normalized spacial score (nSPS) is 10.8. The standard InChI is InChI=1S/C22H21N5O4S/c1-13-5-4-6-15(9-13)23-20(28)12-32-22-25-24-21(29)17-11-16(26-27(17)22)14-7-8-18(30-2)19(10-14)31-3/h4-11H,12H2,1-3H3,(H,23,28)(H,24,29). The zero-order valence-electron chi connectivity index (χ0n) is 17.7. The number of anilines is 1. The van der Waals surface area contributed by atoms with Crippen molar-refractivity contribution in [3.8, 4) is 22.8 Å². The number of amides is 1. The molecule has 2 aromatic carbocycles. The first-order valence-electron chi connectivity index (χ1n) is 9.68. The number of thioether (sulfide) groups is 1. The summed E-state index contributed by atoms with van der Waals surface area (Å²) in [4.78, 5) is 24.7. The summed E-state index contributed by atoms with van der Waals surface area (Å²) in [5.74, 6) is 1.06. The lowest BCUT2D eigenvalue weighted by molar-refractivity contribution is -0.113. The van der Waals surface area contributed by atoms with Crippen LogP contribution in [-0.2, 0) is 4.79 Å². The maximum Gasteiger partial charge on any atom is 0.290 e. The molecule has 0 aliphatic heterocycles. The van der Waals surface area contributed by atoms with Gasteiger partial charge >= 0.3 is 0 Å². The lowest BCUT2D eigenvalue weighted by Crippen LogP contribution is -2.17. The first kappa shape index (κ1) is 21.4. The summed E-state index contributed by atoms with van der Waals surface area (Å²) in [5, 5.41) is 14.3. The molecule has 10 heteroatoms. The first-order chi connectivity index (χ1) is 15.5. The second-order valence-electron chi connectivity index (χ2n) is 6.94. The fourth-order valence-electron chi connectivity index (χ4n) is 3.17. The largest absolute Gasteiger partial charge is 0.493 e. The second-order valence-corrected chi connectivity index (χ2v) is 7.88. The van der Waals surface area contributed by atoms with Crippen LogP contribution < -0.4 is 20.3 Å². The topological polar surface area (TPSA) is 111 Å². The van der Waals surface area contributed by atoms with Gasteiger partial charge in [0.15, 0.2) is 11.5 Å². The van der Waals surface area contributed by atoms with Crippen molar-refractivity contribution in [2.45, 2.75) is 12.1 Å². The Hall–Kier alpha value is -3.79. The maximum atomic E-state index is 12.4. The Kier molecular flexibility index (Phi) is 6.13. The average Bonchev–Trinajstić information content (AvgIpc) is 3.25. The van der Waals surface area contributed by atoms with Gasteiger partial charge in [0, 0.05) is 11.3 Å². The highest BCUT2D eigenvalue weighted by molar-refractivity contribution is 7.99. The molecular weight excluding hydrogens is 430 g/mol. The van der Waals surface area contributed by atoms with E-state index in [1.54, 1.807) is 32.4 Å². The van der Waals surface area contributed by atoms with E-state index in [1.165, 1.54) is 16.3 Å². The lowest BCUT2D eigenvalue weighted by atomic mass is 10.1. The molecule has 0 aliphatic carbocycles. The average molecular weight is 452 g/mol. The summed E-state index contributed by atoms with van der Waals surface area (Å²) in [5.41, 5.74) is 3.04. The van der Waals surface area contributed by atoms with E-state index >= 15 is 0 Å². The maximum absolute atomic E-state index is 12.4. The van der Waals surface area contributed by atoms with Gasteiger partial charge in [-0.1, -0.05) is 23.9 Å². The number of nitrogens with one attached hydrogen (secondary N) is 2. The third-order valence-electron chi connectivity index (χ3n) is 4.69. The van der Waals surface area contributed by atoms with Crippen LogP contribution in [0.1, 0.15) is 5.56 Å². The number of benzene rings is 2.